The van der Waals surface area contributed by atoms with Crippen molar-refractivity contribution in [1.82, 2.24) is 4.98 Å². The van der Waals surface area contributed by atoms with Crippen LogP contribution in [0.3, 0.4) is 0 Å². The molecule has 1 aromatic heterocycles. The van der Waals surface area contributed by atoms with E-state index in [0.717, 1.165) is 22.2 Å². The maximum Gasteiger partial charge on any atom is 0.282 e. The molecule has 5 rings (SSSR count). The molecule has 0 spiro atoms. The van der Waals surface area contributed by atoms with E-state index in [9.17, 15) is 10.1 Å². The van der Waals surface area contributed by atoms with Crippen LogP contribution >= 0.6 is 0 Å². The number of fused-ring (bicyclic) bond motifs is 2. The quantitative estimate of drug-likeness (QED) is 0.248. The zero-order valence-electron chi connectivity index (χ0n) is 16.8. The van der Waals surface area contributed by atoms with Gasteiger partial charge in [0.25, 0.3) is 5.69 Å². The summed E-state index contributed by atoms with van der Waals surface area (Å²) in [6.07, 6.45) is 1.46. The predicted octanol–water partition coefficient (Wildman–Crippen LogP) is 5.50. The van der Waals surface area contributed by atoms with Gasteiger partial charge in [0.15, 0.2) is 17.1 Å². The van der Waals surface area contributed by atoms with E-state index in [2.05, 4.69) is 9.98 Å². The first-order valence-corrected chi connectivity index (χ1v) is 9.58. The van der Waals surface area contributed by atoms with Crippen molar-refractivity contribution in [1.29, 1.82) is 0 Å². The highest BCUT2D eigenvalue weighted by Gasteiger charge is 2.22. The number of benzene rings is 3. The summed E-state index contributed by atoms with van der Waals surface area (Å²) in [5.74, 6) is 1.30. The topological polar surface area (TPSA) is 100.0 Å². The lowest BCUT2D eigenvalue weighted by Gasteiger charge is -2.04. The highest BCUT2D eigenvalue weighted by Crippen LogP contribution is 2.37. The van der Waals surface area contributed by atoms with E-state index in [-0.39, 0.29) is 12.5 Å². The van der Waals surface area contributed by atoms with E-state index < -0.39 is 4.92 Å². The van der Waals surface area contributed by atoms with Gasteiger partial charge in [-0.25, -0.2) is 4.98 Å². The Balaban J connectivity index is 1.53. The van der Waals surface area contributed by atoms with Gasteiger partial charge in [-0.15, -0.1) is 0 Å². The van der Waals surface area contributed by atoms with Crippen molar-refractivity contribution in [3.63, 3.8) is 0 Å². The summed E-state index contributed by atoms with van der Waals surface area (Å²) in [6, 6.07) is 14.4. The van der Waals surface area contributed by atoms with E-state index in [4.69, 9.17) is 13.9 Å². The molecule has 0 fully saturated rings. The molecule has 0 N–H and O–H groups in total. The minimum atomic E-state index is -0.465. The lowest BCUT2D eigenvalue weighted by molar-refractivity contribution is -0.385. The molecule has 3 aromatic carbocycles. The lowest BCUT2D eigenvalue weighted by Crippen LogP contribution is -1.95. The Hall–Kier alpha value is -4.20. The van der Waals surface area contributed by atoms with Gasteiger partial charge < -0.3 is 13.9 Å². The third-order valence-corrected chi connectivity index (χ3v) is 5.06. The van der Waals surface area contributed by atoms with Crippen molar-refractivity contribution in [3.8, 4) is 23.0 Å². The molecule has 0 aliphatic carbocycles. The Morgan fingerprint density at radius 3 is 2.68 bits per heavy atom. The average Bonchev–Trinajstić information content (AvgIpc) is 3.38. The molecule has 8 nitrogen and oxygen atoms in total. The van der Waals surface area contributed by atoms with Crippen molar-refractivity contribution in [2.45, 2.75) is 13.8 Å². The lowest BCUT2D eigenvalue weighted by atomic mass is 10.1. The minimum absolute atomic E-state index is 0.0399. The van der Waals surface area contributed by atoms with E-state index >= 15 is 0 Å². The number of hydrogen-bond acceptors (Lipinski definition) is 7. The maximum atomic E-state index is 11.5. The van der Waals surface area contributed by atoms with E-state index in [1.807, 2.05) is 50.2 Å². The summed E-state index contributed by atoms with van der Waals surface area (Å²) in [5.41, 5.74) is 5.17. The molecule has 8 heteroatoms. The van der Waals surface area contributed by atoms with E-state index in [0.29, 0.717) is 34.2 Å². The average molecular weight is 415 g/mol. The number of aliphatic imine (C=N–C) groups is 1. The maximum absolute atomic E-state index is 11.5. The molecular formula is C23H17N3O5. The minimum Gasteiger partial charge on any atom is -0.454 e. The summed E-state index contributed by atoms with van der Waals surface area (Å²) in [4.78, 5) is 20.1. The van der Waals surface area contributed by atoms with Gasteiger partial charge in [-0.2, -0.15) is 0 Å². The molecule has 4 aromatic rings. The molecule has 2 heterocycles. The molecule has 0 radical (unpaired) electrons. The SMILES string of the molecule is Cc1ccc2oc(-c3ccc(C)c(N=Cc4cc5c(cc4[N+](=O)[O-])OCO5)c3)nc2c1. The standard InChI is InChI=1S/C23H17N3O5/c1-13-3-6-20-18(7-13)25-23(31-20)15-5-4-14(2)17(8-15)24-11-16-9-21-22(30-12-29-21)10-19(16)26(27)28/h3-11H,12H2,1-2H3. The predicted molar refractivity (Wildman–Crippen MR) is 115 cm³/mol. The van der Waals surface area contributed by atoms with Crippen LogP contribution in [0, 0.1) is 24.0 Å². The molecule has 0 saturated carbocycles. The van der Waals surface area contributed by atoms with Crippen LogP contribution in [-0.4, -0.2) is 22.9 Å². The number of oxazole rings is 1. The van der Waals surface area contributed by atoms with Crippen molar-refractivity contribution in [2.75, 3.05) is 6.79 Å². The molecule has 0 unspecified atom stereocenters. The van der Waals surface area contributed by atoms with Crippen LogP contribution in [0.15, 0.2) is 57.9 Å². The fraction of sp³-hybridized carbons (Fsp3) is 0.130. The fourth-order valence-electron chi connectivity index (χ4n) is 3.39. The van der Waals surface area contributed by atoms with Gasteiger partial charge >= 0.3 is 0 Å². The molecule has 31 heavy (non-hydrogen) atoms. The number of nitrogens with zero attached hydrogens (tertiary/aromatic N) is 3. The van der Waals surface area contributed by atoms with Gasteiger partial charge in [-0.05, 0) is 55.3 Å². The monoisotopic (exact) mass is 415 g/mol. The summed E-state index contributed by atoms with van der Waals surface area (Å²) >= 11 is 0. The van der Waals surface area contributed by atoms with Crippen molar-refractivity contribution in [2.24, 2.45) is 4.99 Å². The summed E-state index contributed by atoms with van der Waals surface area (Å²) in [5, 5.41) is 11.5. The smallest absolute Gasteiger partial charge is 0.282 e. The number of aromatic nitrogens is 1. The van der Waals surface area contributed by atoms with Crippen LogP contribution in [0.2, 0.25) is 0 Å². The Bertz CT molecular complexity index is 1370. The largest absolute Gasteiger partial charge is 0.454 e. The van der Waals surface area contributed by atoms with Gasteiger partial charge in [0.1, 0.15) is 5.52 Å². The van der Waals surface area contributed by atoms with E-state index in [1.165, 1.54) is 12.3 Å². The molecule has 1 aliphatic rings. The number of hydrogen-bond donors (Lipinski definition) is 0. The number of nitro benzene ring substituents is 1. The Kier molecular flexibility index (Phi) is 4.39. The first kappa shape index (κ1) is 18.8. The van der Waals surface area contributed by atoms with Crippen molar-refractivity contribution < 1.29 is 18.8 Å². The molecular weight excluding hydrogens is 398 g/mol. The highest BCUT2D eigenvalue weighted by molar-refractivity contribution is 5.89. The molecule has 0 saturated heterocycles. The van der Waals surface area contributed by atoms with Crippen LogP contribution in [0.25, 0.3) is 22.6 Å². The van der Waals surface area contributed by atoms with Gasteiger partial charge in [-0.1, -0.05) is 12.1 Å². The fourth-order valence-corrected chi connectivity index (χ4v) is 3.39. The van der Waals surface area contributed by atoms with E-state index in [1.54, 1.807) is 6.07 Å². The first-order valence-electron chi connectivity index (χ1n) is 9.58. The summed E-state index contributed by atoms with van der Waals surface area (Å²) in [7, 11) is 0. The molecule has 0 amide bonds. The number of nitro groups is 1. The van der Waals surface area contributed by atoms with Crippen LogP contribution in [0.1, 0.15) is 16.7 Å². The Morgan fingerprint density at radius 1 is 1.06 bits per heavy atom. The van der Waals surface area contributed by atoms with Gasteiger partial charge in [0, 0.05) is 11.8 Å². The molecule has 0 atom stereocenters. The van der Waals surface area contributed by atoms with Crippen LogP contribution in [-0.2, 0) is 0 Å². The summed E-state index contributed by atoms with van der Waals surface area (Å²) in [6.45, 7) is 3.96. The normalized spacial score (nSPS) is 12.7. The molecule has 0 bridgehead atoms. The zero-order valence-corrected chi connectivity index (χ0v) is 16.8. The zero-order chi connectivity index (χ0) is 21.5. The second-order valence-corrected chi connectivity index (χ2v) is 7.27. The number of rotatable bonds is 4. The van der Waals surface area contributed by atoms with Crippen LogP contribution < -0.4 is 9.47 Å². The molecule has 1 aliphatic heterocycles. The van der Waals surface area contributed by atoms with Gasteiger partial charge in [0.05, 0.1) is 22.2 Å². The Labute approximate surface area is 176 Å². The molecule has 154 valence electrons. The highest BCUT2D eigenvalue weighted by atomic mass is 16.7. The second kappa shape index (κ2) is 7.24. The van der Waals surface area contributed by atoms with Gasteiger partial charge in [0.2, 0.25) is 12.7 Å². The Morgan fingerprint density at radius 2 is 1.87 bits per heavy atom. The van der Waals surface area contributed by atoms with Crippen LogP contribution in [0.4, 0.5) is 11.4 Å². The van der Waals surface area contributed by atoms with Crippen molar-refractivity contribution in [3.05, 3.63) is 75.3 Å². The summed E-state index contributed by atoms with van der Waals surface area (Å²) < 4.78 is 16.5. The third-order valence-electron chi connectivity index (χ3n) is 5.06. The van der Waals surface area contributed by atoms with Crippen molar-refractivity contribution >= 4 is 28.7 Å². The van der Waals surface area contributed by atoms with Crippen LogP contribution in [0.5, 0.6) is 11.5 Å². The number of aryl methyl sites for hydroxylation is 2. The number of ether oxygens (including phenoxy) is 2. The van der Waals surface area contributed by atoms with Gasteiger partial charge in [-0.3, -0.25) is 15.1 Å². The third kappa shape index (κ3) is 3.48. The second-order valence-electron chi connectivity index (χ2n) is 7.27. The first-order chi connectivity index (χ1) is 15.0.